The van der Waals surface area contributed by atoms with Gasteiger partial charge < -0.3 is 0 Å². The quantitative estimate of drug-likeness (QED) is 0.270. The molecule has 0 amide bonds. The Labute approximate surface area is 233 Å². The van der Waals surface area contributed by atoms with Gasteiger partial charge in [-0.15, -0.1) is 0 Å². The fourth-order valence-corrected chi connectivity index (χ4v) is 13.4. The Kier molecular flexibility index (Phi) is 8.27. The SMILES string of the molecule is C=C(CC(C)C)[C@H]1CC[C@@]2(CC)[C@@H]3CCC4(CCC)C[C@](C)(CC)CCCC4(CC)[C@@]3(CC)CC[C@]12C. The Bertz CT molecular complexity index is 822. The molecule has 0 nitrogen and oxygen atoms in total. The van der Waals surface area contributed by atoms with Gasteiger partial charge in [-0.3, -0.25) is 0 Å². The van der Waals surface area contributed by atoms with Gasteiger partial charge in [-0.2, -0.15) is 0 Å². The molecule has 0 N–H and O–H groups in total. The Morgan fingerprint density at radius 1 is 0.784 bits per heavy atom. The maximum atomic E-state index is 4.79. The van der Waals surface area contributed by atoms with E-state index in [9.17, 15) is 0 Å². The second-order valence-electron chi connectivity index (χ2n) is 16.0. The molecule has 8 atom stereocenters. The molecule has 0 heterocycles. The number of fused-ring (bicyclic) bond motifs is 5. The Balaban J connectivity index is 1.86. The van der Waals surface area contributed by atoms with Gasteiger partial charge in [-0.05, 0) is 140 Å². The minimum absolute atomic E-state index is 0.458. The predicted molar refractivity (Wildman–Crippen MR) is 164 cm³/mol. The minimum atomic E-state index is 0.458. The lowest BCUT2D eigenvalue weighted by Crippen LogP contribution is -2.67. The van der Waals surface area contributed by atoms with Crippen LogP contribution in [0.25, 0.3) is 0 Å². The van der Waals surface area contributed by atoms with Gasteiger partial charge in [0.05, 0.1) is 0 Å². The first-order chi connectivity index (χ1) is 17.4. The molecule has 0 radical (unpaired) electrons. The van der Waals surface area contributed by atoms with Crippen LogP contribution in [-0.2, 0) is 0 Å². The Hall–Kier alpha value is -0.260. The van der Waals surface area contributed by atoms with Crippen LogP contribution in [0.5, 0.6) is 0 Å². The van der Waals surface area contributed by atoms with Gasteiger partial charge in [0, 0.05) is 0 Å². The molecule has 0 saturated heterocycles. The third kappa shape index (κ3) is 3.93. The molecule has 4 rings (SSSR count). The van der Waals surface area contributed by atoms with Gasteiger partial charge >= 0.3 is 0 Å². The highest BCUT2D eigenvalue weighted by atomic mass is 14.8. The third-order valence-electron chi connectivity index (χ3n) is 14.8. The zero-order valence-corrected chi connectivity index (χ0v) is 27.0. The van der Waals surface area contributed by atoms with Gasteiger partial charge in [0.2, 0.25) is 0 Å². The Morgan fingerprint density at radius 2 is 1.49 bits per heavy atom. The zero-order chi connectivity index (χ0) is 27.3. The van der Waals surface area contributed by atoms with E-state index in [0.717, 1.165) is 17.8 Å². The van der Waals surface area contributed by atoms with Crippen molar-refractivity contribution < 1.29 is 0 Å². The smallest absolute Gasteiger partial charge is 0.0146 e. The number of allylic oxidation sites excluding steroid dienone is 1. The van der Waals surface area contributed by atoms with E-state index >= 15 is 0 Å². The van der Waals surface area contributed by atoms with Crippen LogP contribution >= 0.6 is 0 Å². The van der Waals surface area contributed by atoms with Gasteiger partial charge in [0.15, 0.2) is 0 Å². The van der Waals surface area contributed by atoms with Crippen molar-refractivity contribution in [2.24, 2.45) is 50.2 Å². The summed E-state index contributed by atoms with van der Waals surface area (Å²) in [5.74, 6) is 2.40. The number of hydrogen-bond acceptors (Lipinski definition) is 0. The van der Waals surface area contributed by atoms with Crippen molar-refractivity contribution in [3.63, 3.8) is 0 Å². The topological polar surface area (TPSA) is 0 Å². The molecule has 4 aliphatic rings. The summed E-state index contributed by atoms with van der Waals surface area (Å²) in [6.07, 6.45) is 24.6. The van der Waals surface area contributed by atoms with E-state index < -0.39 is 0 Å². The van der Waals surface area contributed by atoms with Crippen LogP contribution in [0.1, 0.15) is 171 Å². The molecular formula is C37H66. The molecule has 37 heavy (non-hydrogen) atoms. The zero-order valence-electron chi connectivity index (χ0n) is 27.0. The highest BCUT2D eigenvalue weighted by Crippen LogP contribution is 2.82. The molecule has 0 aromatic heterocycles. The van der Waals surface area contributed by atoms with Crippen LogP contribution in [0, 0.1) is 50.2 Å². The summed E-state index contributed by atoms with van der Waals surface area (Å²) in [5.41, 5.74) is 4.77. The fraction of sp³-hybridized carbons (Fsp3) is 0.946. The highest BCUT2D eigenvalue weighted by Gasteiger charge is 2.74. The average molecular weight is 511 g/mol. The first-order valence-electron chi connectivity index (χ1n) is 17.1. The van der Waals surface area contributed by atoms with E-state index in [1.807, 2.05) is 0 Å². The molecule has 4 saturated carbocycles. The van der Waals surface area contributed by atoms with Crippen molar-refractivity contribution in [1.82, 2.24) is 0 Å². The van der Waals surface area contributed by atoms with Crippen LogP contribution < -0.4 is 0 Å². The number of hydrogen-bond donors (Lipinski definition) is 0. The maximum absolute atomic E-state index is 4.79. The maximum Gasteiger partial charge on any atom is -0.0146 e. The van der Waals surface area contributed by atoms with Crippen LogP contribution in [-0.4, -0.2) is 0 Å². The standard InChI is InChI=1S/C37H66/c1-11-19-34-22-18-31-35(13-3)23-17-30(29(8)26-28(6)7)33(35,10)24-25-36(31,14-4)37(34,15-5)21-16-20-32(9,12-2)27-34/h28,30-31H,8,11-27H2,1-7,9-10H3/t30-,31+,32-,33-,34?,35+,36+,37?/m1/s1. The molecule has 4 aliphatic carbocycles. The van der Waals surface area contributed by atoms with Crippen molar-refractivity contribution in [1.29, 1.82) is 0 Å². The summed E-state index contributed by atoms with van der Waals surface area (Å²) in [4.78, 5) is 0. The molecular weight excluding hydrogens is 444 g/mol. The van der Waals surface area contributed by atoms with Gasteiger partial charge in [-0.25, -0.2) is 0 Å². The summed E-state index contributed by atoms with van der Waals surface area (Å²) >= 11 is 0. The normalized spacial score (nSPS) is 47.7. The average Bonchev–Trinajstić information content (AvgIpc) is 3.10. The summed E-state index contributed by atoms with van der Waals surface area (Å²) < 4.78 is 0. The van der Waals surface area contributed by atoms with Gasteiger partial charge in [0.25, 0.3) is 0 Å². The number of rotatable bonds is 9. The van der Waals surface area contributed by atoms with Crippen LogP contribution in [0.3, 0.4) is 0 Å². The molecule has 2 unspecified atom stereocenters. The van der Waals surface area contributed by atoms with E-state index in [2.05, 4.69) is 62.3 Å². The van der Waals surface area contributed by atoms with Crippen molar-refractivity contribution in [2.75, 3.05) is 0 Å². The lowest BCUT2D eigenvalue weighted by atomic mass is 9.30. The van der Waals surface area contributed by atoms with Crippen molar-refractivity contribution in [3.05, 3.63) is 12.2 Å². The summed E-state index contributed by atoms with van der Waals surface area (Å²) in [5, 5.41) is 0. The van der Waals surface area contributed by atoms with Gasteiger partial charge in [0.1, 0.15) is 0 Å². The minimum Gasteiger partial charge on any atom is -0.0996 e. The first kappa shape index (κ1) is 29.7. The molecule has 0 aromatic carbocycles. The molecule has 0 aliphatic heterocycles. The van der Waals surface area contributed by atoms with Crippen molar-refractivity contribution in [2.45, 2.75) is 171 Å². The van der Waals surface area contributed by atoms with E-state index in [-0.39, 0.29) is 0 Å². The second kappa shape index (κ2) is 10.3. The van der Waals surface area contributed by atoms with Crippen LogP contribution in [0.4, 0.5) is 0 Å². The molecule has 0 aromatic rings. The monoisotopic (exact) mass is 511 g/mol. The molecule has 0 spiro atoms. The van der Waals surface area contributed by atoms with Crippen molar-refractivity contribution >= 4 is 0 Å². The summed E-state index contributed by atoms with van der Waals surface area (Å²) in [7, 11) is 0. The van der Waals surface area contributed by atoms with Crippen LogP contribution in [0.2, 0.25) is 0 Å². The van der Waals surface area contributed by atoms with Gasteiger partial charge in [-0.1, -0.05) is 93.7 Å². The molecule has 214 valence electrons. The van der Waals surface area contributed by atoms with E-state index in [0.29, 0.717) is 32.5 Å². The first-order valence-corrected chi connectivity index (χ1v) is 17.1. The van der Waals surface area contributed by atoms with Crippen LogP contribution in [0.15, 0.2) is 12.2 Å². The van der Waals surface area contributed by atoms with E-state index in [4.69, 9.17) is 6.58 Å². The van der Waals surface area contributed by atoms with Crippen molar-refractivity contribution in [3.8, 4) is 0 Å². The third-order valence-corrected chi connectivity index (χ3v) is 14.8. The lowest BCUT2D eigenvalue weighted by Gasteiger charge is -2.74. The van der Waals surface area contributed by atoms with E-state index in [1.165, 1.54) is 109 Å². The molecule has 0 heteroatoms. The predicted octanol–water partition coefficient (Wildman–Crippen LogP) is 12.2. The summed E-state index contributed by atoms with van der Waals surface area (Å²) in [6.45, 7) is 27.9. The highest BCUT2D eigenvalue weighted by molar-refractivity contribution is 5.26. The molecule has 0 bridgehead atoms. The Morgan fingerprint density at radius 3 is 2.05 bits per heavy atom. The lowest BCUT2D eigenvalue weighted by molar-refractivity contribution is -0.256. The molecule has 4 fully saturated rings. The van der Waals surface area contributed by atoms with E-state index in [1.54, 1.807) is 5.57 Å². The second-order valence-corrected chi connectivity index (χ2v) is 16.0. The summed E-state index contributed by atoms with van der Waals surface area (Å²) in [6, 6.07) is 0. The fourth-order valence-electron chi connectivity index (χ4n) is 13.4. The largest absolute Gasteiger partial charge is 0.0996 e.